The van der Waals surface area contributed by atoms with Crippen molar-refractivity contribution in [1.29, 1.82) is 0 Å². The third-order valence-corrected chi connectivity index (χ3v) is 5.46. The van der Waals surface area contributed by atoms with E-state index in [1.54, 1.807) is 6.07 Å². The van der Waals surface area contributed by atoms with Gasteiger partial charge in [-0.15, -0.1) is 0 Å². The Morgan fingerprint density at radius 1 is 1.10 bits per heavy atom. The lowest BCUT2D eigenvalue weighted by atomic mass is 9.96. The van der Waals surface area contributed by atoms with Crippen LogP contribution < -0.4 is 10.1 Å². The maximum Gasteiger partial charge on any atom is 0.324 e. The van der Waals surface area contributed by atoms with E-state index in [4.69, 9.17) is 14.1 Å². The number of hydrogen-bond acceptors (Lipinski definition) is 5. The van der Waals surface area contributed by atoms with Gasteiger partial charge in [0.2, 0.25) is 5.89 Å². The Morgan fingerprint density at radius 3 is 2.70 bits per heavy atom. The second kappa shape index (κ2) is 7.31. The molecule has 0 spiro atoms. The maximum absolute atomic E-state index is 11.2. The van der Waals surface area contributed by atoms with E-state index in [1.165, 1.54) is 0 Å². The van der Waals surface area contributed by atoms with E-state index in [9.17, 15) is 9.90 Å². The third-order valence-electron chi connectivity index (χ3n) is 5.46. The lowest BCUT2D eigenvalue weighted by molar-refractivity contribution is -0.140. The van der Waals surface area contributed by atoms with Gasteiger partial charge in [0, 0.05) is 23.7 Å². The molecule has 0 bridgehead atoms. The summed E-state index contributed by atoms with van der Waals surface area (Å²) in [6.45, 7) is 2.53. The van der Waals surface area contributed by atoms with Crippen molar-refractivity contribution < 1.29 is 19.1 Å². The second-order valence-electron chi connectivity index (χ2n) is 7.37. The number of benzene rings is 3. The minimum absolute atomic E-state index is 0.0626. The standard InChI is InChI=1S/C24H20N2O4/c1-14-17(15-6-3-2-4-7-15)8-5-9-18(14)23-26-19-10-16-12-25-20(24(27)28)13-29-21(16)11-22(19)30-23/h2-11,20,25H,12-13H2,1H3,(H,27,28)/t20-/m1/s1. The SMILES string of the molecule is Cc1c(-c2ccccc2)cccc1-c1nc2cc3c(cc2o1)OC[C@H](C(=O)O)NC3. The first kappa shape index (κ1) is 18.4. The van der Waals surface area contributed by atoms with Crippen molar-refractivity contribution in [3.8, 4) is 28.3 Å². The smallest absolute Gasteiger partial charge is 0.324 e. The highest BCUT2D eigenvalue weighted by atomic mass is 16.5. The topological polar surface area (TPSA) is 84.6 Å². The van der Waals surface area contributed by atoms with Gasteiger partial charge >= 0.3 is 5.97 Å². The molecule has 0 amide bonds. The largest absolute Gasteiger partial charge is 0.491 e. The molecule has 6 nitrogen and oxygen atoms in total. The lowest BCUT2D eigenvalue weighted by Gasteiger charge is -2.09. The molecule has 2 N–H and O–H groups in total. The van der Waals surface area contributed by atoms with E-state index in [0.29, 0.717) is 29.3 Å². The highest BCUT2D eigenvalue weighted by Crippen LogP contribution is 2.35. The van der Waals surface area contributed by atoms with E-state index < -0.39 is 12.0 Å². The predicted octanol–water partition coefficient (Wildman–Crippen LogP) is 4.41. The third kappa shape index (κ3) is 3.21. The van der Waals surface area contributed by atoms with Gasteiger partial charge in [-0.25, -0.2) is 4.98 Å². The molecule has 4 aromatic rings. The van der Waals surface area contributed by atoms with Gasteiger partial charge in [0.15, 0.2) is 5.58 Å². The summed E-state index contributed by atoms with van der Waals surface area (Å²) in [6.07, 6.45) is 0. The molecule has 2 heterocycles. The van der Waals surface area contributed by atoms with Gasteiger partial charge in [0.1, 0.15) is 23.9 Å². The molecule has 150 valence electrons. The van der Waals surface area contributed by atoms with Gasteiger partial charge in [-0.3, -0.25) is 10.1 Å². The predicted molar refractivity (Wildman–Crippen MR) is 113 cm³/mol. The molecule has 0 aliphatic carbocycles. The molecule has 5 rings (SSSR count). The highest BCUT2D eigenvalue weighted by Gasteiger charge is 2.24. The van der Waals surface area contributed by atoms with Gasteiger partial charge in [-0.05, 0) is 35.7 Å². The van der Waals surface area contributed by atoms with Crippen LogP contribution in [0, 0.1) is 6.92 Å². The number of hydrogen-bond donors (Lipinski definition) is 2. The molecule has 0 saturated carbocycles. The normalized spacial score (nSPS) is 16.0. The monoisotopic (exact) mass is 400 g/mol. The Hall–Kier alpha value is -3.64. The molecule has 0 radical (unpaired) electrons. The summed E-state index contributed by atoms with van der Waals surface area (Å²) >= 11 is 0. The van der Waals surface area contributed by atoms with Crippen LogP contribution in [0.3, 0.4) is 0 Å². The average Bonchev–Trinajstić information content (AvgIpc) is 3.04. The van der Waals surface area contributed by atoms with E-state index in [1.807, 2.05) is 36.4 Å². The average molecular weight is 400 g/mol. The van der Waals surface area contributed by atoms with Gasteiger partial charge in [0.25, 0.3) is 0 Å². The zero-order valence-electron chi connectivity index (χ0n) is 16.4. The molecule has 1 aliphatic heterocycles. The fourth-order valence-electron chi connectivity index (χ4n) is 3.81. The number of ether oxygens (including phenoxy) is 1. The minimum atomic E-state index is -0.930. The van der Waals surface area contributed by atoms with Gasteiger partial charge in [-0.2, -0.15) is 0 Å². The lowest BCUT2D eigenvalue weighted by Crippen LogP contribution is -2.39. The minimum Gasteiger partial charge on any atom is -0.491 e. The molecular formula is C24H20N2O4. The summed E-state index contributed by atoms with van der Waals surface area (Å²) in [6, 6.07) is 19.3. The molecular weight excluding hydrogens is 380 g/mol. The maximum atomic E-state index is 11.2. The number of aliphatic carboxylic acids is 1. The van der Waals surface area contributed by atoms with Crippen molar-refractivity contribution in [1.82, 2.24) is 10.3 Å². The first-order chi connectivity index (χ1) is 14.6. The number of carboxylic acid groups (broad SMARTS) is 1. The summed E-state index contributed by atoms with van der Waals surface area (Å²) in [5.74, 6) is 0.244. The van der Waals surface area contributed by atoms with Gasteiger partial charge < -0.3 is 14.3 Å². The van der Waals surface area contributed by atoms with Crippen molar-refractivity contribution in [2.45, 2.75) is 19.5 Å². The second-order valence-corrected chi connectivity index (χ2v) is 7.37. The van der Waals surface area contributed by atoms with Crippen molar-refractivity contribution in [3.63, 3.8) is 0 Å². The zero-order valence-corrected chi connectivity index (χ0v) is 16.4. The Bertz CT molecular complexity index is 1200. The van der Waals surface area contributed by atoms with Crippen molar-refractivity contribution in [2.24, 2.45) is 0 Å². The molecule has 0 unspecified atom stereocenters. The van der Waals surface area contributed by atoms with Crippen LogP contribution in [0.2, 0.25) is 0 Å². The fourth-order valence-corrected chi connectivity index (χ4v) is 3.81. The van der Waals surface area contributed by atoms with Crippen LogP contribution in [0.1, 0.15) is 11.1 Å². The molecule has 3 aromatic carbocycles. The summed E-state index contributed by atoms with van der Waals surface area (Å²) in [4.78, 5) is 15.9. The summed E-state index contributed by atoms with van der Waals surface area (Å²) < 4.78 is 11.8. The quantitative estimate of drug-likeness (QED) is 0.530. The number of oxazole rings is 1. The first-order valence-electron chi connectivity index (χ1n) is 9.78. The molecule has 1 aromatic heterocycles. The zero-order chi connectivity index (χ0) is 20.7. The van der Waals surface area contributed by atoms with Crippen LogP contribution in [-0.2, 0) is 11.3 Å². The van der Waals surface area contributed by atoms with E-state index >= 15 is 0 Å². The van der Waals surface area contributed by atoms with E-state index in [-0.39, 0.29) is 6.61 Å². The van der Waals surface area contributed by atoms with Crippen LogP contribution in [-0.4, -0.2) is 28.7 Å². The molecule has 1 atom stereocenters. The van der Waals surface area contributed by atoms with Crippen LogP contribution >= 0.6 is 0 Å². The number of carbonyl (C=O) groups is 1. The van der Waals surface area contributed by atoms with Gasteiger partial charge in [0.05, 0.1) is 0 Å². The van der Waals surface area contributed by atoms with Crippen molar-refractivity contribution in [3.05, 3.63) is 71.8 Å². The van der Waals surface area contributed by atoms with E-state index in [0.717, 1.165) is 27.8 Å². The highest BCUT2D eigenvalue weighted by molar-refractivity contribution is 5.82. The molecule has 1 aliphatic rings. The molecule has 0 fully saturated rings. The number of nitrogens with zero attached hydrogens (tertiary/aromatic N) is 1. The number of carboxylic acids is 1. The van der Waals surface area contributed by atoms with Crippen molar-refractivity contribution >= 4 is 17.1 Å². The van der Waals surface area contributed by atoms with Crippen LogP contribution in [0.5, 0.6) is 5.75 Å². The van der Waals surface area contributed by atoms with Crippen LogP contribution in [0.25, 0.3) is 33.7 Å². The van der Waals surface area contributed by atoms with Crippen LogP contribution in [0.15, 0.2) is 65.1 Å². The number of nitrogens with one attached hydrogen (secondary N) is 1. The summed E-state index contributed by atoms with van der Waals surface area (Å²) in [5.41, 5.74) is 6.51. The fraction of sp³-hybridized carbons (Fsp3) is 0.167. The van der Waals surface area contributed by atoms with Gasteiger partial charge in [-0.1, -0.05) is 42.5 Å². The number of rotatable bonds is 3. The Morgan fingerprint density at radius 2 is 1.90 bits per heavy atom. The summed E-state index contributed by atoms with van der Waals surface area (Å²) in [7, 11) is 0. The Kier molecular flexibility index (Phi) is 4.48. The van der Waals surface area contributed by atoms with Crippen molar-refractivity contribution in [2.75, 3.05) is 6.61 Å². The Balaban J connectivity index is 1.54. The molecule has 30 heavy (non-hydrogen) atoms. The van der Waals surface area contributed by atoms with E-state index in [2.05, 4.69) is 30.4 Å². The Labute approximate surface area is 173 Å². The number of fused-ring (bicyclic) bond motifs is 2. The molecule has 6 heteroatoms. The summed E-state index contributed by atoms with van der Waals surface area (Å²) in [5, 5.41) is 12.2. The first-order valence-corrected chi connectivity index (χ1v) is 9.78. The number of aromatic nitrogens is 1. The van der Waals surface area contributed by atoms with Crippen LogP contribution in [0.4, 0.5) is 0 Å². The molecule has 0 saturated heterocycles.